The van der Waals surface area contributed by atoms with Crippen LogP contribution in [-0.2, 0) is 20.2 Å². The second-order valence-electron chi connectivity index (χ2n) is 8.73. The predicted octanol–water partition coefficient (Wildman–Crippen LogP) is 2.30. The molecular weight excluding hydrogens is 494 g/mol. The quantitative estimate of drug-likeness (QED) is 0.147. The molecule has 1 atom stereocenters. The fraction of sp³-hybridized carbons (Fsp3) is 0.409. The van der Waals surface area contributed by atoms with Gasteiger partial charge in [-0.15, -0.1) is 11.3 Å². The van der Waals surface area contributed by atoms with E-state index in [1.54, 1.807) is 6.07 Å². The van der Waals surface area contributed by atoms with Gasteiger partial charge in [0.2, 0.25) is 0 Å². The van der Waals surface area contributed by atoms with Crippen molar-refractivity contribution in [1.82, 2.24) is 10.6 Å². The summed E-state index contributed by atoms with van der Waals surface area (Å²) < 4.78 is 33.5. The lowest BCUT2D eigenvalue weighted by atomic mass is 9.95. The van der Waals surface area contributed by atoms with Crippen molar-refractivity contribution in [2.24, 2.45) is 5.73 Å². The standard InChI is InChI=1S/C22H31N5O6S2/c1-22(2,3)17-12-16(27-35(31,32)14-9-7-13(33-4)8-10-14)18(34-17)19(28)26-15(20(29)30)6-5-11-25-21(23)24/h7-10,12,15,27H,5-6,11H2,1-4H3,(H,26,28)(H,29,30)(H4,23,24,25)/t15-/m0/s1. The van der Waals surface area contributed by atoms with E-state index in [1.165, 1.54) is 31.4 Å². The van der Waals surface area contributed by atoms with Gasteiger partial charge >= 0.3 is 5.97 Å². The third-order valence-corrected chi connectivity index (χ3v) is 7.82. The maximum absolute atomic E-state index is 13.1. The molecule has 1 amide bonds. The van der Waals surface area contributed by atoms with Crippen LogP contribution in [0.4, 0.5) is 5.69 Å². The number of methoxy groups -OCH3 is 1. The first-order valence-corrected chi connectivity index (χ1v) is 13.0. The molecule has 11 nitrogen and oxygen atoms in total. The molecule has 0 aliphatic carbocycles. The molecule has 2 rings (SSSR count). The van der Waals surface area contributed by atoms with Crippen LogP contribution in [0.15, 0.2) is 35.2 Å². The zero-order valence-corrected chi connectivity index (χ0v) is 21.6. The van der Waals surface area contributed by atoms with E-state index in [-0.39, 0.29) is 39.8 Å². The van der Waals surface area contributed by atoms with Gasteiger partial charge in [-0.1, -0.05) is 20.8 Å². The van der Waals surface area contributed by atoms with Gasteiger partial charge in [-0.25, -0.2) is 13.2 Å². The molecule has 35 heavy (non-hydrogen) atoms. The van der Waals surface area contributed by atoms with Crippen LogP contribution in [0.2, 0.25) is 0 Å². The zero-order chi connectivity index (χ0) is 26.4. The molecule has 0 saturated carbocycles. The number of guanidine groups is 1. The Kier molecular flexibility index (Phi) is 9.10. The number of hydrogen-bond acceptors (Lipinski definition) is 7. The Labute approximate surface area is 208 Å². The number of nitrogens with two attached hydrogens (primary N) is 1. The number of carbonyl (C=O) groups is 2. The minimum Gasteiger partial charge on any atom is -0.497 e. The molecule has 2 aromatic rings. The lowest BCUT2D eigenvalue weighted by molar-refractivity contribution is -0.139. The maximum Gasteiger partial charge on any atom is 0.326 e. The van der Waals surface area contributed by atoms with E-state index in [1.807, 2.05) is 20.8 Å². The van der Waals surface area contributed by atoms with Crippen LogP contribution < -0.4 is 25.8 Å². The highest BCUT2D eigenvalue weighted by Gasteiger charge is 2.28. The summed E-state index contributed by atoms with van der Waals surface area (Å²) in [5, 5.41) is 21.7. The SMILES string of the molecule is COc1ccc(S(=O)(=O)Nc2cc(C(C)(C)C)sc2C(=O)N[C@@H](CCCNC(=N)N)C(=O)O)cc1. The van der Waals surface area contributed by atoms with Crippen molar-refractivity contribution in [2.45, 2.75) is 50.0 Å². The Bertz CT molecular complexity index is 1170. The predicted molar refractivity (Wildman–Crippen MR) is 135 cm³/mol. The topological polar surface area (TPSA) is 184 Å². The van der Waals surface area contributed by atoms with Crippen LogP contribution in [0.3, 0.4) is 0 Å². The molecule has 0 aliphatic rings. The molecule has 0 unspecified atom stereocenters. The smallest absolute Gasteiger partial charge is 0.326 e. The van der Waals surface area contributed by atoms with E-state index >= 15 is 0 Å². The van der Waals surface area contributed by atoms with Gasteiger partial charge in [-0.3, -0.25) is 14.9 Å². The molecule has 1 heterocycles. The monoisotopic (exact) mass is 525 g/mol. The number of thiophene rings is 1. The number of sulfonamides is 1. The van der Waals surface area contributed by atoms with E-state index in [2.05, 4.69) is 15.4 Å². The summed E-state index contributed by atoms with van der Waals surface area (Å²) in [7, 11) is -2.56. The Balaban J connectivity index is 2.31. The second-order valence-corrected chi connectivity index (χ2v) is 11.5. The number of aliphatic carboxylic acids is 1. The molecule has 0 bridgehead atoms. The van der Waals surface area contributed by atoms with Crippen molar-refractivity contribution < 1.29 is 27.9 Å². The van der Waals surface area contributed by atoms with Gasteiger partial charge in [0.25, 0.3) is 15.9 Å². The van der Waals surface area contributed by atoms with Gasteiger partial charge in [0, 0.05) is 11.4 Å². The van der Waals surface area contributed by atoms with E-state index in [0.29, 0.717) is 12.2 Å². The number of anilines is 1. The van der Waals surface area contributed by atoms with Gasteiger partial charge in [-0.05, 0) is 48.6 Å². The molecular formula is C22H31N5O6S2. The summed E-state index contributed by atoms with van der Waals surface area (Å²) in [5.74, 6) is -1.67. The van der Waals surface area contributed by atoms with Crippen molar-refractivity contribution >= 4 is 44.9 Å². The lowest BCUT2D eigenvalue weighted by Crippen LogP contribution is -2.41. The fourth-order valence-electron chi connectivity index (χ4n) is 2.97. The summed E-state index contributed by atoms with van der Waals surface area (Å²) in [6.45, 7) is 6.04. The van der Waals surface area contributed by atoms with Crippen molar-refractivity contribution in [2.75, 3.05) is 18.4 Å². The highest BCUT2D eigenvalue weighted by atomic mass is 32.2. The molecule has 0 fully saturated rings. The second kappa shape index (κ2) is 11.4. The lowest BCUT2D eigenvalue weighted by Gasteiger charge is -2.16. The number of rotatable bonds is 11. The van der Waals surface area contributed by atoms with E-state index in [9.17, 15) is 23.1 Å². The summed E-state index contributed by atoms with van der Waals surface area (Å²) in [5.41, 5.74) is 4.90. The average molecular weight is 526 g/mol. The van der Waals surface area contributed by atoms with Crippen LogP contribution in [0.1, 0.15) is 48.2 Å². The molecule has 0 radical (unpaired) electrons. The first-order valence-electron chi connectivity index (χ1n) is 10.7. The first-order chi connectivity index (χ1) is 16.2. The fourth-order valence-corrected chi connectivity index (χ4v) is 5.18. The number of nitrogens with one attached hydrogen (secondary N) is 4. The largest absolute Gasteiger partial charge is 0.497 e. The summed E-state index contributed by atoms with van der Waals surface area (Å²) in [6, 6.07) is 6.17. The number of hydrogen-bond donors (Lipinski definition) is 6. The Morgan fingerprint density at radius 3 is 2.37 bits per heavy atom. The van der Waals surface area contributed by atoms with Crippen molar-refractivity contribution in [1.29, 1.82) is 5.41 Å². The van der Waals surface area contributed by atoms with Gasteiger partial charge in [-0.2, -0.15) is 0 Å². The van der Waals surface area contributed by atoms with E-state index < -0.39 is 27.9 Å². The van der Waals surface area contributed by atoms with Crippen molar-refractivity contribution in [3.8, 4) is 5.75 Å². The van der Waals surface area contributed by atoms with Gasteiger partial charge in [0.15, 0.2) is 5.96 Å². The number of benzene rings is 1. The minimum atomic E-state index is -4.03. The van der Waals surface area contributed by atoms with Crippen molar-refractivity contribution in [3.63, 3.8) is 0 Å². The Morgan fingerprint density at radius 2 is 1.86 bits per heavy atom. The molecule has 13 heteroatoms. The molecule has 7 N–H and O–H groups in total. The third kappa shape index (κ3) is 7.86. The number of ether oxygens (including phenoxy) is 1. The summed E-state index contributed by atoms with van der Waals surface area (Å²) in [4.78, 5) is 25.6. The van der Waals surface area contributed by atoms with E-state index in [4.69, 9.17) is 15.9 Å². The Morgan fingerprint density at radius 1 is 1.23 bits per heavy atom. The minimum absolute atomic E-state index is 0.0189. The van der Waals surface area contributed by atoms with Crippen molar-refractivity contribution in [3.05, 3.63) is 40.1 Å². The molecule has 192 valence electrons. The summed E-state index contributed by atoms with van der Waals surface area (Å²) >= 11 is 1.09. The highest BCUT2D eigenvalue weighted by molar-refractivity contribution is 7.92. The van der Waals surface area contributed by atoms with Crippen LogP contribution >= 0.6 is 11.3 Å². The van der Waals surface area contributed by atoms with Gasteiger partial charge in [0.05, 0.1) is 17.7 Å². The Hall–Kier alpha value is -3.32. The van der Waals surface area contributed by atoms with Crippen LogP contribution in [0.5, 0.6) is 5.75 Å². The highest BCUT2D eigenvalue weighted by Crippen LogP contribution is 2.36. The van der Waals surface area contributed by atoms with Crippen LogP contribution in [0.25, 0.3) is 0 Å². The maximum atomic E-state index is 13.1. The van der Waals surface area contributed by atoms with Gasteiger partial charge < -0.3 is 26.2 Å². The zero-order valence-electron chi connectivity index (χ0n) is 20.0. The molecule has 0 saturated heterocycles. The van der Waals surface area contributed by atoms with Crippen LogP contribution in [-0.4, -0.2) is 51.1 Å². The number of carboxylic acids is 1. The summed E-state index contributed by atoms with van der Waals surface area (Å²) in [6.07, 6.45) is 0.428. The van der Waals surface area contributed by atoms with Crippen LogP contribution in [0, 0.1) is 5.41 Å². The van der Waals surface area contributed by atoms with Gasteiger partial charge in [0.1, 0.15) is 16.7 Å². The molecule has 1 aromatic carbocycles. The number of amides is 1. The first kappa shape index (κ1) is 27.9. The number of carbonyl (C=O) groups excluding carboxylic acids is 1. The normalized spacial score (nSPS) is 12.5. The molecule has 1 aromatic heterocycles. The number of carboxylic acid groups (broad SMARTS) is 1. The third-order valence-electron chi connectivity index (χ3n) is 4.88. The molecule has 0 spiro atoms. The average Bonchev–Trinajstić information content (AvgIpc) is 3.19. The van der Waals surface area contributed by atoms with E-state index in [0.717, 1.165) is 16.2 Å². The molecule has 0 aliphatic heterocycles.